The fourth-order valence-corrected chi connectivity index (χ4v) is 4.91. The Balaban J connectivity index is 1.43. The highest BCUT2D eigenvalue weighted by atomic mass is 35.5. The number of benzene rings is 1. The average Bonchev–Trinajstić information content (AvgIpc) is 3.31. The number of nitrogens with one attached hydrogen (secondary N) is 1. The lowest BCUT2D eigenvalue weighted by atomic mass is 9.64. The third-order valence-corrected chi connectivity index (χ3v) is 6.10. The summed E-state index contributed by atoms with van der Waals surface area (Å²) in [6.45, 7) is 3.91. The molecule has 0 unspecified atom stereocenters. The van der Waals surface area contributed by atoms with E-state index in [1.54, 1.807) is 30.0 Å². The van der Waals surface area contributed by atoms with Gasteiger partial charge in [-0.3, -0.25) is 0 Å². The van der Waals surface area contributed by atoms with Gasteiger partial charge in [-0.2, -0.15) is 9.49 Å². The van der Waals surface area contributed by atoms with E-state index in [-0.39, 0.29) is 12.1 Å². The van der Waals surface area contributed by atoms with Crippen LogP contribution < -0.4 is 5.32 Å². The van der Waals surface area contributed by atoms with Crippen LogP contribution in [0.25, 0.3) is 5.69 Å². The van der Waals surface area contributed by atoms with Crippen LogP contribution in [0.3, 0.4) is 0 Å². The first-order chi connectivity index (χ1) is 14.4. The summed E-state index contributed by atoms with van der Waals surface area (Å²) in [7, 11) is 0. The Bertz CT molecular complexity index is 1130. The summed E-state index contributed by atoms with van der Waals surface area (Å²) < 4.78 is 19.0. The molecule has 1 saturated carbocycles. The number of amides is 2. The summed E-state index contributed by atoms with van der Waals surface area (Å²) in [6, 6.07) is 4.72. The van der Waals surface area contributed by atoms with E-state index in [9.17, 15) is 9.18 Å². The van der Waals surface area contributed by atoms with Crippen molar-refractivity contribution in [2.45, 2.75) is 44.7 Å². The molecule has 5 rings (SSSR count). The molecule has 30 heavy (non-hydrogen) atoms. The number of fused-ring (bicyclic) bond motifs is 2. The molecule has 2 amide bonds. The normalized spacial score (nSPS) is 25.1. The number of nitrogens with zero attached hydrogens (tertiary/aromatic N) is 6. The van der Waals surface area contributed by atoms with Crippen molar-refractivity contribution in [3.8, 4) is 5.69 Å². The Kier molecular flexibility index (Phi) is 4.28. The summed E-state index contributed by atoms with van der Waals surface area (Å²) in [5.41, 5.74) is 0.264. The lowest BCUT2D eigenvalue weighted by molar-refractivity contribution is -0.110. The maximum Gasteiger partial charge on any atom is 0.323 e. The van der Waals surface area contributed by atoms with E-state index in [2.05, 4.69) is 32.6 Å². The number of hydrogen-bond donors (Lipinski definition) is 1. The Morgan fingerprint density at radius 2 is 2.20 bits per heavy atom. The number of carbonyl (C=O) groups is 1. The van der Waals surface area contributed by atoms with Gasteiger partial charge in [0.2, 0.25) is 11.8 Å². The third-order valence-electron chi connectivity index (χ3n) is 5.78. The molecule has 1 aliphatic carbocycles. The van der Waals surface area contributed by atoms with Gasteiger partial charge < -0.3 is 14.6 Å². The van der Waals surface area contributed by atoms with Gasteiger partial charge in [-0.25, -0.2) is 4.79 Å². The maximum absolute atomic E-state index is 13.2. The fraction of sp³-hybridized carbons (Fsp3) is 0.421. The summed E-state index contributed by atoms with van der Waals surface area (Å²) >= 11 is 6.20. The van der Waals surface area contributed by atoms with E-state index < -0.39 is 11.5 Å². The van der Waals surface area contributed by atoms with Crippen LogP contribution in [0.2, 0.25) is 5.02 Å². The van der Waals surface area contributed by atoms with Crippen LogP contribution in [0, 0.1) is 18.8 Å². The lowest BCUT2D eigenvalue weighted by Gasteiger charge is -2.61. The topological polar surface area (TPSA) is 102 Å². The van der Waals surface area contributed by atoms with Crippen LogP contribution >= 0.6 is 11.6 Å². The van der Waals surface area contributed by atoms with E-state index in [0.717, 1.165) is 30.3 Å². The Morgan fingerprint density at radius 1 is 1.37 bits per heavy atom. The van der Waals surface area contributed by atoms with Gasteiger partial charge in [-0.05, 0) is 37.0 Å². The van der Waals surface area contributed by atoms with Gasteiger partial charge in [0.15, 0.2) is 0 Å². The number of urea groups is 1. The number of piperidine rings is 1. The van der Waals surface area contributed by atoms with Crippen molar-refractivity contribution in [3.05, 3.63) is 47.1 Å². The highest BCUT2D eigenvalue weighted by molar-refractivity contribution is 6.32. The van der Waals surface area contributed by atoms with Gasteiger partial charge >= 0.3 is 6.03 Å². The predicted octanol–water partition coefficient (Wildman–Crippen LogP) is 3.68. The molecule has 2 fully saturated rings. The van der Waals surface area contributed by atoms with Crippen molar-refractivity contribution in [1.29, 1.82) is 0 Å². The molecule has 2 bridgehead atoms. The number of rotatable bonds is 3. The van der Waals surface area contributed by atoms with E-state index in [1.165, 1.54) is 0 Å². The molecule has 1 saturated heterocycles. The smallest absolute Gasteiger partial charge is 0.323 e. The molecule has 1 N–H and O–H groups in total. The molecule has 3 aromatic rings. The standard InChI is InChI=1S/C19H19ClFN7O2/c1-10-5-13-8-19(7-10,17-25-24-11(2)30-17)27(13)18(29)23-12-3-4-14(20)15(6-12)28-22-9-16(21)26-28/h3-4,6,9-10,13H,5,7-8H2,1-2H3,(H,23,29)/t10-,13+,19-/m0/s1. The van der Waals surface area contributed by atoms with Crippen molar-refractivity contribution in [2.24, 2.45) is 5.92 Å². The monoisotopic (exact) mass is 431 g/mol. The number of hydrogen-bond acceptors (Lipinski definition) is 6. The molecule has 9 nitrogen and oxygen atoms in total. The van der Waals surface area contributed by atoms with Crippen LogP contribution in [0.4, 0.5) is 14.9 Å². The quantitative estimate of drug-likeness (QED) is 0.678. The first kappa shape index (κ1) is 19.0. The second-order valence-corrected chi connectivity index (χ2v) is 8.39. The highest BCUT2D eigenvalue weighted by Crippen LogP contribution is 2.55. The Labute approximate surface area is 176 Å². The van der Waals surface area contributed by atoms with Crippen molar-refractivity contribution < 1.29 is 13.6 Å². The molecule has 1 aliphatic heterocycles. The Hall–Kier alpha value is -3.01. The summed E-state index contributed by atoms with van der Waals surface area (Å²) in [6.07, 6.45) is 3.47. The second kappa shape index (κ2) is 6.76. The second-order valence-electron chi connectivity index (χ2n) is 7.98. The van der Waals surface area contributed by atoms with Gasteiger partial charge in [-0.15, -0.1) is 20.1 Å². The van der Waals surface area contributed by atoms with Gasteiger partial charge in [0.25, 0.3) is 5.95 Å². The van der Waals surface area contributed by atoms with E-state index in [0.29, 0.717) is 34.1 Å². The minimum atomic E-state index is -0.722. The summed E-state index contributed by atoms with van der Waals surface area (Å²) in [5.74, 6) is 0.677. The third kappa shape index (κ3) is 2.94. The van der Waals surface area contributed by atoms with Crippen molar-refractivity contribution in [1.82, 2.24) is 30.1 Å². The number of aryl methyl sites for hydroxylation is 1. The average molecular weight is 432 g/mol. The number of carbonyl (C=O) groups excluding carboxylic acids is 1. The van der Waals surface area contributed by atoms with E-state index in [4.69, 9.17) is 16.0 Å². The first-order valence-corrected chi connectivity index (χ1v) is 10.0. The molecule has 0 radical (unpaired) electrons. The van der Waals surface area contributed by atoms with Crippen LogP contribution in [-0.2, 0) is 5.54 Å². The van der Waals surface area contributed by atoms with Gasteiger partial charge in [0.1, 0.15) is 17.4 Å². The zero-order valence-corrected chi connectivity index (χ0v) is 17.1. The molecule has 156 valence electrons. The SMILES string of the molecule is Cc1nnc([C@]23C[C@@H](C)C[C@H](C2)N3C(=O)Nc2ccc(Cl)c(-n3ncc(F)n3)c2)o1. The zero-order chi connectivity index (χ0) is 21.0. The van der Waals surface area contributed by atoms with Crippen LogP contribution in [0.1, 0.15) is 38.0 Å². The molecule has 1 aromatic carbocycles. The van der Waals surface area contributed by atoms with Gasteiger partial charge in [0, 0.05) is 25.1 Å². The van der Waals surface area contributed by atoms with Crippen LogP contribution in [0.5, 0.6) is 0 Å². The van der Waals surface area contributed by atoms with Crippen LogP contribution in [-0.4, -0.2) is 42.2 Å². The van der Waals surface area contributed by atoms with Crippen molar-refractivity contribution >= 4 is 23.3 Å². The molecule has 3 heterocycles. The van der Waals surface area contributed by atoms with E-state index >= 15 is 0 Å². The highest BCUT2D eigenvalue weighted by Gasteiger charge is 2.62. The van der Waals surface area contributed by atoms with Gasteiger partial charge in [-0.1, -0.05) is 18.5 Å². The lowest BCUT2D eigenvalue weighted by Crippen LogP contribution is -2.70. The minimum absolute atomic E-state index is 0.106. The van der Waals surface area contributed by atoms with Crippen LogP contribution in [0.15, 0.2) is 28.8 Å². The molecular formula is C19H19ClFN7O2. The minimum Gasteiger partial charge on any atom is -0.423 e. The molecule has 2 aliphatic rings. The van der Waals surface area contributed by atoms with Crippen molar-refractivity contribution in [3.63, 3.8) is 0 Å². The maximum atomic E-state index is 13.2. The van der Waals surface area contributed by atoms with Gasteiger partial charge in [0.05, 0.1) is 5.02 Å². The number of aromatic nitrogens is 5. The predicted molar refractivity (Wildman–Crippen MR) is 105 cm³/mol. The molecule has 0 spiro atoms. The number of likely N-dealkylation sites (tertiary alicyclic amines) is 1. The molecule has 3 atom stereocenters. The zero-order valence-electron chi connectivity index (χ0n) is 16.3. The summed E-state index contributed by atoms with van der Waals surface area (Å²) in [5, 5.41) is 18.9. The fourth-order valence-electron chi connectivity index (χ4n) is 4.72. The van der Waals surface area contributed by atoms with Crippen molar-refractivity contribution in [2.75, 3.05) is 5.32 Å². The molecule has 2 aromatic heterocycles. The molecule has 11 heteroatoms. The summed E-state index contributed by atoms with van der Waals surface area (Å²) in [4.78, 5) is 16.1. The number of halogens is 2. The van der Waals surface area contributed by atoms with E-state index in [1.807, 2.05) is 0 Å². The first-order valence-electron chi connectivity index (χ1n) is 9.64. The Morgan fingerprint density at radius 3 is 2.90 bits per heavy atom. The molecular weight excluding hydrogens is 413 g/mol. The largest absolute Gasteiger partial charge is 0.423 e. The number of anilines is 1.